The van der Waals surface area contributed by atoms with Crippen molar-refractivity contribution in [3.05, 3.63) is 70.6 Å². The number of aromatic nitrogens is 2. The van der Waals surface area contributed by atoms with Crippen molar-refractivity contribution in [3.63, 3.8) is 0 Å². The van der Waals surface area contributed by atoms with Crippen molar-refractivity contribution < 1.29 is 0 Å². The highest BCUT2D eigenvalue weighted by Crippen LogP contribution is 2.14. The Morgan fingerprint density at radius 1 is 0.952 bits per heavy atom. The van der Waals surface area contributed by atoms with E-state index in [2.05, 4.69) is 0 Å². The first-order chi connectivity index (χ1) is 10.3. The maximum Gasteiger partial charge on any atom is 0.333 e. The Balaban J connectivity index is 2.12. The Morgan fingerprint density at radius 2 is 1.62 bits per heavy atom. The van der Waals surface area contributed by atoms with Crippen LogP contribution in [-0.4, -0.2) is 15.0 Å². The van der Waals surface area contributed by atoms with Crippen molar-refractivity contribution in [2.45, 2.75) is 6.54 Å². The van der Waals surface area contributed by atoms with E-state index in [1.54, 1.807) is 9.13 Å². The van der Waals surface area contributed by atoms with E-state index in [1.807, 2.05) is 66.9 Å². The zero-order chi connectivity index (χ0) is 14.7. The fraction of sp³-hybridized carbons (Fsp3) is 0.118. The molecule has 0 saturated heterocycles. The van der Waals surface area contributed by atoms with E-state index >= 15 is 0 Å². The molecule has 3 nitrogen and oxygen atoms in total. The third kappa shape index (κ3) is 2.65. The molecule has 0 bridgehead atoms. The molecule has 0 N–H and O–H groups in total. The van der Waals surface area contributed by atoms with Crippen molar-refractivity contribution in [1.82, 2.24) is 9.13 Å². The Hall–Kier alpha value is -2.26. The average molecular weight is 299 g/mol. The summed E-state index contributed by atoms with van der Waals surface area (Å²) in [7, 11) is 0. The molecule has 21 heavy (non-hydrogen) atoms. The van der Waals surface area contributed by atoms with E-state index in [9.17, 15) is 4.79 Å². The van der Waals surface area contributed by atoms with E-state index in [1.165, 1.54) is 0 Å². The van der Waals surface area contributed by atoms with Crippen LogP contribution in [0.1, 0.15) is 5.56 Å². The van der Waals surface area contributed by atoms with Crippen molar-refractivity contribution in [2.24, 2.45) is 0 Å². The highest BCUT2D eigenvalue weighted by atomic mass is 35.5. The predicted molar refractivity (Wildman–Crippen MR) is 88.6 cm³/mol. The van der Waals surface area contributed by atoms with Crippen LogP contribution in [0.5, 0.6) is 0 Å². The number of aryl methyl sites for hydroxylation is 1. The lowest BCUT2D eigenvalue weighted by atomic mass is 10.2. The molecular weight excluding hydrogens is 284 g/mol. The minimum absolute atomic E-state index is 0.0657. The molecule has 4 heteroatoms. The first kappa shape index (κ1) is 13.7. The molecule has 0 unspecified atom stereocenters. The lowest BCUT2D eigenvalue weighted by molar-refractivity contribution is 0.745. The molecule has 0 aliphatic heterocycles. The van der Waals surface area contributed by atoms with Crippen molar-refractivity contribution in [1.29, 1.82) is 0 Å². The summed E-state index contributed by atoms with van der Waals surface area (Å²) < 4.78 is 3.37. The smallest absolute Gasteiger partial charge is 0.290 e. The number of benzene rings is 2. The number of rotatable bonds is 4. The van der Waals surface area contributed by atoms with Gasteiger partial charge in [-0.1, -0.05) is 42.5 Å². The quantitative estimate of drug-likeness (QED) is 0.675. The van der Waals surface area contributed by atoms with Crippen LogP contribution in [0.25, 0.3) is 23.3 Å². The standard InChI is InChI=1S/C17H15ClN2O/c18-11-13-20-16-9-5-4-8-15(16)19(17(20)21)12-10-14-6-2-1-3-7-14/h1-10,12H,11,13H2. The van der Waals surface area contributed by atoms with Crippen LogP contribution in [0, 0.1) is 0 Å². The number of nitrogens with zero attached hydrogens (tertiary/aromatic N) is 2. The second kappa shape index (κ2) is 6.02. The van der Waals surface area contributed by atoms with Crippen LogP contribution in [0.3, 0.4) is 0 Å². The molecule has 0 aliphatic rings. The Labute approximate surface area is 127 Å². The van der Waals surface area contributed by atoms with Gasteiger partial charge >= 0.3 is 5.69 Å². The average Bonchev–Trinajstić information content (AvgIpc) is 2.79. The Kier molecular flexibility index (Phi) is 3.93. The first-order valence-electron chi connectivity index (χ1n) is 6.80. The molecule has 3 aromatic rings. The van der Waals surface area contributed by atoms with Gasteiger partial charge in [0.15, 0.2) is 0 Å². The zero-order valence-electron chi connectivity index (χ0n) is 11.4. The van der Waals surface area contributed by atoms with E-state index < -0.39 is 0 Å². The number of halogens is 1. The molecule has 0 atom stereocenters. The molecule has 0 amide bonds. The Bertz CT molecular complexity index is 831. The number of fused-ring (bicyclic) bond motifs is 1. The number of hydrogen-bond acceptors (Lipinski definition) is 1. The third-order valence-electron chi connectivity index (χ3n) is 3.39. The van der Waals surface area contributed by atoms with Gasteiger partial charge in [-0.2, -0.15) is 0 Å². The minimum Gasteiger partial charge on any atom is -0.290 e. The van der Waals surface area contributed by atoms with E-state index in [0.29, 0.717) is 12.4 Å². The van der Waals surface area contributed by atoms with E-state index in [0.717, 1.165) is 16.6 Å². The normalized spacial score (nSPS) is 11.5. The maximum absolute atomic E-state index is 12.5. The molecule has 1 heterocycles. The van der Waals surface area contributed by atoms with Crippen LogP contribution in [0.15, 0.2) is 59.4 Å². The number of alkyl halides is 1. The number of para-hydroxylation sites is 2. The van der Waals surface area contributed by atoms with Gasteiger partial charge in [0.2, 0.25) is 0 Å². The predicted octanol–water partition coefficient (Wildman–Crippen LogP) is 3.67. The van der Waals surface area contributed by atoms with Gasteiger partial charge in [0.05, 0.1) is 11.0 Å². The summed E-state index contributed by atoms with van der Waals surface area (Å²) in [5.74, 6) is 0.413. The molecule has 3 rings (SSSR count). The van der Waals surface area contributed by atoms with Gasteiger partial charge < -0.3 is 0 Å². The monoisotopic (exact) mass is 298 g/mol. The molecule has 0 spiro atoms. The van der Waals surface area contributed by atoms with Crippen molar-refractivity contribution in [2.75, 3.05) is 5.88 Å². The van der Waals surface area contributed by atoms with Crippen LogP contribution in [-0.2, 0) is 6.54 Å². The van der Waals surface area contributed by atoms with Crippen molar-refractivity contribution in [3.8, 4) is 0 Å². The van der Waals surface area contributed by atoms with E-state index in [-0.39, 0.29) is 5.69 Å². The van der Waals surface area contributed by atoms with Gasteiger partial charge in [-0.05, 0) is 23.8 Å². The summed E-state index contributed by atoms with van der Waals surface area (Å²) in [5, 5.41) is 0. The van der Waals surface area contributed by atoms with Gasteiger partial charge in [0.25, 0.3) is 0 Å². The summed E-state index contributed by atoms with van der Waals surface area (Å²) in [6.45, 7) is 0.507. The van der Waals surface area contributed by atoms with Crippen LogP contribution >= 0.6 is 11.6 Å². The van der Waals surface area contributed by atoms with Gasteiger partial charge in [-0.25, -0.2) is 4.79 Å². The maximum atomic E-state index is 12.5. The molecule has 0 fully saturated rings. The molecule has 2 aromatic carbocycles. The summed E-state index contributed by atoms with van der Waals surface area (Å²) >= 11 is 5.80. The molecule has 106 valence electrons. The molecular formula is C17H15ClN2O. The summed E-state index contributed by atoms with van der Waals surface area (Å²) in [6.07, 6.45) is 3.74. The summed E-state index contributed by atoms with van der Waals surface area (Å²) in [4.78, 5) is 12.5. The van der Waals surface area contributed by atoms with Gasteiger partial charge in [-0.15, -0.1) is 11.6 Å². The second-order valence-corrected chi connectivity index (χ2v) is 5.09. The lowest BCUT2D eigenvalue weighted by Crippen LogP contribution is -2.22. The summed E-state index contributed by atoms with van der Waals surface area (Å²) in [6, 6.07) is 17.7. The summed E-state index contributed by atoms with van der Waals surface area (Å²) in [5.41, 5.74) is 2.78. The van der Waals surface area contributed by atoms with Crippen LogP contribution in [0.2, 0.25) is 0 Å². The fourth-order valence-corrected chi connectivity index (χ4v) is 2.57. The van der Waals surface area contributed by atoms with Gasteiger partial charge in [0, 0.05) is 18.6 Å². The van der Waals surface area contributed by atoms with Gasteiger partial charge in [0.1, 0.15) is 0 Å². The zero-order valence-corrected chi connectivity index (χ0v) is 12.2. The highest BCUT2D eigenvalue weighted by Gasteiger charge is 2.10. The minimum atomic E-state index is -0.0657. The van der Waals surface area contributed by atoms with E-state index in [4.69, 9.17) is 11.6 Å². The lowest BCUT2D eigenvalue weighted by Gasteiger charge is -1.97. The van der Waals surface area contributed by atoms with Gasteiger partial charge in [-0.3, -0.25) is 9.13 Å². The largest absolute Gasteiger partial charge is 0.333 e. The number of hydrogen-bond donors (Lipinski definition) is 0. The molecule has 0 aliphatic carbocycles. The molecule has 1 aromatic heterocycles. The Morgan fingerprint density at radius 3 is 2.33 bits per heavy atom. The SMILES string of the molecule is O=c1n(C=Cc2ccccc2)c2ccccc2n1CCCl. The van der Waals surface area contributed by atoms with Crippen LogP contribution in [0.4, 0.5) is 0 Å². The third-order valence-corrected chi connectivity index (χ3v) is 3.56. The van der Waals surface area contributed by atoms with Crippen molar-refractivity contribution >= 4 is 34.9 Å². The van der Waals surface area contributed by atoms with Crippen LogP contribution < -0.4 is 5.69 Å². The molecule has 0 saturated carbocycles. The second-order valence-electron chi connectivity index (χ2n) is 4.71. The number of imidazole rings is 1. The first-order valence-corrected chi connectivity index (χ1v) is 7.33. The topological polar surface area (TPSA) is 26.9 Å². The molecule has 0 radical (unpaired) electrons. The fourth-order valence-electron chi connectivity index (χ4n) is 2.40. The highest BCUT2D eigenvalue weighted by molar-refractivity contribution is 6.17.